The minimum Gasteiger partial charge on any atom is -0.490 e. The first-order valence-corrected chi connectivity index (χ1v) is 20.0. The van der Waals surface area contributed by atoms with Gasteiger partial charge in [-0.3, -0.25) is 39.1 Å². The van der Waals surface area contributed by atoms with Crippen LogP contribution in [0.2, 0.25) is 5.02 Å². The zero-order valence-electron chi connectivity index (χ0n) is 31.7. The van der Waals surface area contributed by atoms with Gasteiger partial charge in [-0.2, -0.15) is 5.26 Å². The number of amides is 5. The average molecular weight is 794 g/mol. The van der Waals surface area contributed by atoms with E-state index in [9.17, 15) is 24.0 Å². The Morgan fingerprint density at radius 1 is 0.930 bits per heavy atom. The quantitative estimate of drug-likeness (QED) is 0.298. The maximum Gasteiger partial charge on any atom is 0.262 e. The Labute approximate surface area is 335 Å². The molecule has 5 aliphatic rings. The Morgan fingerprint density at radius 2 is 1.70 bits per heavy atom. The van der Waals surface area contributed by atoms with Crippen LogP contribution in [0.3, 0.4) is 0 Å². The highest BCUT2D eigenvalue weighted by Gasteiger charge is 2.45. The maximum atomic E-state index is 13.3. The Hall–Kier alpha value is -5.59. The van der Waals surface area contributed by atoms with Gasteiger partial charge in [0.2, 0.25) is 17.7 Å². The Bertz CT molecular complexity index is 2140. The number of anilines is 3. The van der Waals surface area contributed by atoms with E-state index in [1.807, 2.05) is 25.1 Å². The molecule has 4 fully saturated rings. The topological polar surface area (TPSA) is 181 Å². The number of aromatic nitrogens is 2. The number of carbonyl (C=O) groups is 5. The van der Waals surface area contributed by atoms with Crippen LogP contribution in [0.1, 0.15) is 78.1 Å². The fourth-order valence-electron chi connectivity index (χ4n) is 8.73. The van der Waals surface area contributed by atoms with Crippen LogP contribution < -0.4 is 25.2 Å². The monoisotopic (exact) mass is 793 g/mol. The molecular formula is C41H44ClN9O6. The van der Waals surface area contributed by atoms with E-state index < -0.39 is 35.1 Å². The van der Waals surface area contributed by atoms with Gasteiger partial charge >= 0.3 is 0 Å². The van der Waals surface area contributed by atoms with Crippen molar-refractivity contribution in [2.45, 2.75) is 64.0 Å². The highest BCUT2D eigenvalue weighted by atomic mass is 35.5. The largest absolute Gasteiger partial charge is 0.490 e. The highest BCUT2D eigenvalue weighted by Crippen LogP contribution is 2.41. The Kier molecular flexibility index (Phi) is 10.6. The number of rotatable bonds is 9. The number of fused-ring (bicyclic) bond motifs is 1. The third-order valence-corrected chi connectivity index (χ3v) is 12.4. The van der Waals surface area contributed by atoms with Crippen molar-refractivity contribution in [3.8, 4) is 11.8 Å². The number of nitrogens with one attached hydrogen (secondary N) is 2. The minimum atomic E-state index is -0.978. The molecule has 2 aromatic carbocycles. The molecule has 3 aromatic rings. The molecule has 16 heteroatoms. The maximum absolute atomic E-state index is 13.3. The number of piperidine rings is 2. The summed E-state index contributed by atoms with van der Waals surface area (Å²) in [4.78, 5) is 71.7. The number of hydrogen-bond donors (Lipinski definition) is 2. The summed E-state index contributed by atoms with van der Waals surface area (Å²) in [6.45, 7) is 8.01. The molecule has 15 nitrogen and oxygen atoms in total. The lowest BCUT2D eigenvalue weighted by Crippen LogP contribution is -2.54. The van der Waals surface area contributed by atoms with Gasteiger partial charge in [0.25, 0.3) is 11.8 Å². The number of ether oxygens (including phenoxy) is 1. The van der Waals surface area contributed by atoms with Crippen LogP contribution in [0, 0.1) is 22.7 Å². The fraction of sp³-hybridized carbons (Fsp3) is 0.463. The molecule has 5 heterocycles. The van der Waals surface area contributed by atoms with Gasteiger partial charge in [-0.05, 0) is 86.9 Å². The van der Waals surface area contributed by atoms with Gasteiger partial charge in [0, 0.05) is 64.0 Å². The number of hydrogen-bond acceptors (Lipinski definition) is 12. The van der Waals surface area contributed by atoms with Crippen molar-refractivity contribution in [3.05, 3.63) is 70.2 Å². The van der Waals surface area contributed by atoms with E-state index in [0.29, 0.717) is 46.5 Å². The first-order valence-electron chi connectivity index (χ1n) is 19.6. The van der Waals surface area contributed by atoms with Crippen molar-refractivity contribution in [3.63, 3.8) is 0 Å². The second-order valence-electron chi connectivity index (χ2n) is 15.9. The van der Waals surface area contributed by atoms with E-state index in [1.165, 1.54) is 0 Å². The van der Waals surface area contributed by atoms with E-state index in [0.717, 1.165) is 81.5 Å². The van der Waals surface area contributed by atoms with E-state index >= 15 is 0 Å². The molecule has 57 heavy (non-hydrogen) atoms. The van der Waals surface area contributed by atoms with Gasteiger partial charge < -0.3 is 19.9 Å². The summed E-state index contributed by atoms with van der Waals surface area (Å²) in [7, 11) is 0. The normalized spacial score (nSPS) is 24.3. The van der Waals surface area contributed by atoms with Gasteiger partial charge in [-0.1, -0.05) is 18.5 Å². The van der Waals surface area contributed by atoms with Crippen LogP contribution in [-0.2, 0) is 14.4 Å². The molecule has 2 N–H and O–H groups in total. The second kappa shape index (κ2) is 15.7. The lowest BCUT2D eigenvalue weighted by molar-refractivity contribution is -0.136. The molecule has 8 rings (SSSR count). The Balaban J connectivity index is 0.772. The van der Waals surface area contributed by atoms with Gasteiger partial charge in [-0.15, -0.1) is 10.2 Å². The molecule has 1 saturated carbocycles. The van der Waals surface area contributed by atoms with Crippen LogP contribution >= 0.6 is 11.6 Å². The zero-order valence-corrected chi connectivity index (χ0v) is 32.5. The van der Waals surface area contributed by atoms with Gasteiger partial charge in [-0.25, -0.2) is 0 Å². The number of piperazine rings is 1. The molecule has 3 atom stereocenters. The summed E-state index contributed by atoms with van der Waals surface area (Å²) >= 11 is 6.16. The second-order valence-corrected chi connectivity index (χ2v) is 16.3. The predicted molar refractivity (Wildman–Crippen MR) is 210 cm³/mol. The minimum absolute atomic E-state index is 0.0871. The molecule has 1 aromatic heterocycles. The molecule has 3 unspecified atom stereocenters. The fourth-order valence-corrected chi connectivity index (χ4v) is 8.94. The smallest absolute Gasteiger partial charge is 0.262 e. The van der Waals surface area contributed by atoms with Crippen molar-refractivity contribution < 1.29 is 28.7 Å². The lowest BCUT2D eigenvalue weighted by atomic mass is 9.87. The third-order valence-electron chi connectivity index (χ3n) is 12.1. The summed E-state index contributed by atoms with van der Waals surface area (Å²) in [6, 6.07) is 15.1. The van der Waals surface area contributed by atoms with Crippen LogP contribution in [0.25, 0.3) is 0 Å². The predicted octanol–water partition coefficient (Wildman–Crippen LogP) is 4.02. The molecule has 296 valence electrons. The van der Waals surface area contributed by atoms with Crippen LogP contribution in [0.5, 0.6) is 5.75 Å². The van der Waals surface area contributed by atoms with Crippen molar-refractivity contribution in [1.82, 2.24) is 25.3 Å². The number of imide groups is 2. The molecule has 4 aliphatic heterocycles. The average Bonchev–Trinajstić information content (AvgIpc) is 3.71. The van der Waals surface area contributed by atoms with E-state index in [4.69, 9.17) is 21.6 Å². The van der Waals surface area contributed by atoms with Crippen molar-refractivity contribution >= 4 is 58.5 Å². The van der Waals surface area contributed by atoms with Crippen LogP contribution in [0.4, 0.5) is 17.3 Å². The summed E-state index contributed by atoms with van der Waals surface area (Å²) in [6.07, 6.45) is 4.06. The van der Waals surface area contributed by atoms with Gasteiger partial charge in [0.15, 0.2) is 11.6 Å². The molecular weight excluding hydrogens is 750 g/mol. The van der Waals surface area contributed by atoms with E-state index in [1.54, 1.807) is 36.4 Å². The standard InChI is InChI=1S/C41H44ClN9O6/c1-41(13-10-29(22-41)57-28-4-2-26(23-43)32(42)21-28)40(56)44-34-7-8-35(47-46-34)50-14-11-25(12-15-50)24-48-16-18-49(19-17-48)27-3-5-30-31(20-27)39(55)51(38(30)54)33-6-9-36(52)45-37(33)53/h2-5,7-8,20-21,25,29,33H,6,9-19,22,24H2,1H3,(H,44,46,56)(H,45,52,53). The first kappa shape index (κ1) is 38.3. The van der Waals surface area contributed by atoms with E-state index in [-0.39, 0.29) is 30.4 Å². The van der Waals surface area contributed by atoms with Crippen molar-refractivity contribution in [1.29, 1.82) is 5.26 Å². The number of benzene rings is 2. The molecule has 0 spiro atoms. The number of nitriles is 1. The summed E-state index contributed by atoms with van der Waals surface area (Å²) in [5.41, 5.74) is 1.23. The summed E-state index contributed by atoms with van der Waals surface area (Å²) in [5, 5.41) is 23.4. The number of nitrogens with zero attached hydrogens (tertiary/aromatic N) is 7. The molecule has 1 aliphatic carbocycles. The van der Waals surface area contributed by atoms with Crippen molar-refractivity contribution in [2.24, 2.45) is 11.3 Å². The van der Waals surface area contributed by atoms with Crippen LogP contribution in [0.15, 0.2) is 48.5 Å². The van der Waals surface area contributed by atoms with E-state index in [2.05, 4.69) is 35.5 Å². The molecule has 0 bridgehead atoms. The molecule has 0 radical (unpaired) electrons. The number of carbonyl (C=O) groups excluding carboxylic acids is 5. The molecule has 3 saturated heterocycles. The summed E-state index contributed by atoms with van der Waals surface area (Å²) < 4.78 is 6.10. The SMILES string of the molecule is CC1(C(=O)Nc2ccc(N3CCC(CN4CCN(c5ccc6c(c5)C(=O)N(C5CCC(=O)NC5=O)C6=O)CC4)CC3)nn2)CCC(Oc2ccc(C#N)c(Cl)c2)C1. The summed E-state index contributed by atoms with van der Waals surface area (Å²) in [5.74, 6) is 0.216. The Morgan fingerprint density at radius 3 is 2.40 bits per heavy atom. The highest BCUT2D eigenvalue weighted by molar-refractivity contribution is 6.31. The number of halogens is 1. The molecule has 5 amide bonds. The van der Waals surface area contributed by atoms with Gasteiger partial charge in [0.05, 0.1) is 33.2 Å². The van der Waals surface area contributed by atoms with Crippen LogP contribution in [-0.4, -0.2) is 107 Å². The van der Waals surface area contributed by atoms with Gasteiger partial charge in [0.1, 0.15) is 17.9 Å². The first-order chi connectivity index (χ1) is 27.5. The zero-order chi connectivity index (χ0) is 39.8. The third kappa shape index (κ3) is 7.88. The lowest BCUT2D eigenvalue weighted by Gasteiger charge is -2.39. The van der Waals surface area contributed by atoms with Crippen molar-refractivity contribution in [2.75, 3.05) is 60.9 Å².